The Morgan fingerprint density at radius 2 is 1.12 bits per heavy atom. The molecule has 5 aromatic rings. The van der Waals surface area contributed by atoms with Crippen molar-refractivity contribution in [1.29, 1.82) is 0 Å². The molecule has 0 amide bonds. The van der Waals surface area contributed by atoms with Crippen LogP contribution in [0, 0.1) is 5.41 Å². The number of hydrogen-bond donors (Lipinski definition) is 0. The van der Waals surface area contributed by atoms with Crippen molar-refractivity contribution < 1.29 is 0 Å². The fraction of sp³-hybridized carbons (Fsp3) is 0.231. The second-order valence-electron chi connectivity index (χ2n) is 12.1. The van der Waals surface area contributed by atoms with E-state index in [1.165, 1.54) is 56.2 Å². The first-order valence-electron chi connectivity index (χ1n) is 15.6. The van der Waals surface area contributed by atoms with Crippen molar-refractivity contribution in [3.8, 4) is 0 Å². The summed E-state index contributed by atoms with van der Waals surface area (Å²) in [6, 6.07) is 50.4. The Balaban J connectivity index is 1.60. The number of para-hydroxylation sites is 2. The summed E-state index contributed by atoms with van der Waals surface area (Å²) < 4.78 is 0. The Kier molecular flexibility index (Phi) is 6.78. The lowest BCUT2D eigenvalue weighted by atomic mass is 9.69. The van der Waals surface area contributed by atoms with Gasteiger partial charge in [-0.1, -0.05) is 136 Å². The molecule has 2 nitrogen and oxygen atoms in total. The number of anilines is 3. The molecule has 210 valence electrons. The Labute approximate surface area is 252 Å². The normalized spacial score (nSPS) is 19.3. The monoisotopic (exact) mass is 564 g/mol. The van der Waals surface area contributed by atoms with Crippen LogP contribution < -0.4 is 30.5 Å². The largest absolute Gasteiger partial charge is 0.352 e. The van der Waals surface area contributed by atoms with Gasteiger partial charge in [0.05, 0.1) is 11.4 Å². The molecule has 0 fully saturated rings. The molecule has 7 rings (SSSR count). The van der Waals surface area contributed by atoms with Crippen molar-refractivity contribution in [2.45, 2.75) is 45.7 Å². The van der Waals surface area contributed by atoms with Crippen molar-refractivity contribution in [2.75, 3.05) is 16.8 Å². The standard InChI is InChI=1S/C39H40N2Si/c1-4-28-39(5-2)29-33-34(41-36-25-16-15-24-35(36)40(3)38(39)41)26-17-27-37(33)42(30-18-9-6-10-19-30,31-20-11-7-12-21-31)32-22-13-8-14-23-32/h6-27,38H,4-5,28-29H2,1-3H3/t38-,39-/m1/s1. The van der Waals surface area contributed by atoms with E-state index in [0.29, 0.717) is 6.17 Å². The van der Waals surface area contributed by atoms with E-state index in [1.54, 1.807) is 0 Å². The molecule has 2 aliphatic rings. The molecule has 0 aliphatic carbocycles. The lowest BCUT2D eigenvalue weighted by Crippen LogP contribution is -2.76. The molecule has 5 aromatic carbocycles. The first-order valence-corrected chi connectivity index (χ1v) is 17.6. The SMILES string of the molecule is CCC[C@]1(CC)Cc2c(cccc2[Si](c2ccccc2)(c2ccccc2)c2ccccc2)N2c3ccccc3N(C)[C@H]21. The third kappa shape index (κ3) is 3.83. The van der Waals surface area contributed by atoms with Gasteiger partial charge in [0.15, 0.2) is 8.07 Å². The van der Waals surface area contributed by atoms with Crippen molar-refractivity contribution >= 4 is 45.9 Å². The molecule has 42 heavy (non-hydrogen) atoms. The highest BCUT2D eigenvalue weighted by Gasteiger charge is 2.53. The van der Waals surface area contributed by atoms with E-state index >= 15 is 0 Å². The summed E-state index contributed by atoms with van der Waals surface area (Å²) in [5.74, 6) is 0. The van der Waals surface area contributed by atoms with E-state index < -0.39 is 8.07 Å². The summed E-state index contributed by atoms with van der Waals surface area (Å²) in [6.45, 7) is 4.79. The zero-order valence-electron chi connectivity index (χ0n) is 25.0. The minimum absolute atomic E-state index is 0.135. The number of benzene rings is 5. The van der Waals surface area contributed by atoms with Crippen LogP contribution in [0.1, 0.15) is 38.7 Å². The molecule has 2 aliphatic heterocycles. The summed E-state index contributed by atoms with van der Waals surface area (Å²) in [4.78, 5) is 5.28. The predicted molar refractivity (Wildman–Crippen MR) is 182 cm³/mol. The van der Waals surface area contributed by atoms with E-state index in [0.717, 1.165) is 12.8 Å². The molecule has 0 spiro atoms. The summed E-state index contributed by atoms with van der Waals surface area (Å²) in [5.41, 5.74) is 5.73. The number of fused-ring (bicyclic) bond motifs is 5. The highest BCUT2D eigenvalue weighted by atomic mass is 28.3. The van der Waals surface area contributed by atoms with Crippen molar-refractivity contribution in [2.24, 2.45) is 5.41 Å². The van der Waals surface area contributed by atoms with Gasteiger partial charge in [0, 0.05) is 18.2 Å². The molecule has 0 aromatic heterocycles. The van der Waals surface area contributed by atoms with Crippen LogP contribution in [0.15, 0.2) is 133 Å². The van der Waals surface area contributed by atoms with Gasteiger partial charge in [-0.15, -0.1) is 0 Å². The quantitative estimate of drug-likeness (QED) is 0.160. The molecular formula is C39H40N2Si. The molecule has 3 heteroatoms. The first kappa shape index (κ1) is 26.8. The van der Waals surface area contributed by atoms with Crippen LogP contribution in [0.4, 0.5) is 17.1 Å². The highest BCUT2D eigenvalue weighted by molar-refractivity contribution is 7.20. The van der Waals surface area contributed by atoms with E-state index in [-0.39, 0.29) is 5.41 Å². The molecule has 2 atom stereocenters. The highest BCUT2D eigenvalue weighted by Crippen LogP contribution is 2.56. The first-order chi connectivity index (χ1) is 20.7. The Hall–Kier alpha value is -4.08. The van der Waals surface area contributed by atoms with Crippen LogP contribution in [0.2, 0.25) is 0 Å². The van der Waals surface area contributed by atoms with Gasteiger partial charge in [0.1, 0.15) is 6.17 Å². The third-order valence-corrected chi connectivity index (χ3v) is 15.0. The summed E-state index contributed by atoms with van der Waals surface area (Å²) in [7, 11) is -0.355. The predicted octanol–water partition coefficient (Wildman–Crippen LogP) is 6.73. The van der Waals surface area contributed by atoms with Gasteiger partial charge in [-0.05, 0) is 63.8 Å². The van der Waals surface area contributed by atoms with E-state index in [9.17, 15) is 0 Å². The average Bonchev–Trinajstić information content (AvgIpc) is 3.36. The number of nitrogens with zero attached hydrogens (tertiary/aromatic N) is 2. The van der Waals surface area contributed by atoms with Gasteiger partial charge < -0.3 is 9.80 Å². The van der Waals surface area contributed by atoms with Gasteiger partial charge in [0.25, 0.3) is 0 Å². The molecule has 0 unspecified atom stereocenters. The van der Waals surface area contributed by atoms with Gasteiger partial charge in [-0.2, -0.15) is 0 Å². The van der Waals surface area contributed by atoms with Crippen LogP contribution in [-0.2, 0) is 6.42 Å². The average molecular weight is 565 g/mol. The van der Waals surface area contributed by atoms with E-state index in [1.807, 2.05) is 0 Å². The van der Waals surface area contributed by atoms with Gasteiger partial charge in [-0.25, -0.2) is 0 Å². The van der Waals surface area contributed by atoms with Crippen molar-refractivity contribution in [3.63, 3.8) is 0 Å². The maximum Gasteiger partial charge on any atom is 0.179 e. The lowest BCUT2D eigenvalue weighted by Gasteiger charge is -2.52. The molecule has 0 saturated carbocycles. The Morgan fingerprint density at radius 1 is 0.619 bits per heavy atom. The molecule has 0 saturated heterocycles. The fourth-order valence-corrected chi connectivity index (χ4v) is 13.4. The minimum atomic E-state index is -2.67. The number of rotatable bonds is 7. The molecular weight excluding hydrogens is 525 g/mol. The van der Waals surface area contributed by atoms with Gasteiger partial charge in [0.2, 0.25) is 0 Å². The second-order valence-corrected chi connectivity index (χ2v) is 15.9. The van der Waals surface area contributed by atoms with Crippen LogP contribution >= 0.6 is 0 Å². The van der Waals surface area contributed by atoms with Crippen LogP contribution in [0.5, 0.6) is 0 Å². The third-order valence-electron chi connectivity index (χ3n) is 10.1. The van der Waals surface area contributed by atoms with Crippen molar-refractivity contribution in [1.82, 2.24) is 0 Å². The lowest BCUT2D eigenvalue weighted by molar-refractivity contribution is 0.183. The number of hydrogen-bond acceptors (Lipinski definition) is 2. The molecule has 0 radical (unpaired) electrons. The smallest absolute Gasteiger partial charge is 0.179 e. The Bertz CT molecular complexity index is 1590. The zero-order valence-corrected chi connectivity index (χ0v) is 26.0. The topological polar surface area (TPSA) is 6.48 Å². The van der Waals surface area contributed by atoms with Gasteiger partial charge in [-0.3, -0.25) is 0 Å². The molecule has 0 N–H and O–H groups in total. The zero-order chi connectivity index (χ0) is 28.7. The summed E-state index contributed by atoms with van der Waals surface area (Å²) in [6.07, 6.45) is 4.92. The van der Waals surface area contributed by atoms with E-state index in [2.05, 4.69) is 164 Å². The minimum Gasteiger partial charge on any atom is -0.352 e. The van der Waals surface area contributed by atoms with Crippen LogP contribution in [0.25, 0.3) is 0 Å². The van der Waals surface area contributed by atoms with Crippen molar-refractivity contribution in [3.05, 3.63) is 139 Å². The second kappa shape index (κ2) is 10.6. The summed E-state index contributed by atoms with van der Waals surface area (Å²) >= 11 is 0. The fourth-order valence-electron chi connectivity index (χ4n) is 8.36. The summed E-state index contributed by atoms with van der Waals surface area (Å²) in [5, 5.41) is 5.85. The van der Waals surface area contributed by atoms with Crippen LogP contribution in [0.3, 0.4) is 0 Å². The maximum atomic E-state index is 2.71. The molecule has 0 bridgehead atoms. The van der Waals surface area contributed by atoms with E-state index in [4.69, 9.17) is 0 Å². The maximum absolute atomic E-state index is 2.71. The van der Waals surface area contributed by atoms with Gasteiger partial charge >= 0.3 is 0 Å². The van der Waals surface area contributed by atoms with Crippen LogP contribution in [-0.4, -0.2) is 21.3 Å². The molecule has 2 heterocycles. The Morgan fingerprint density at radius 3 is 1.64 bits per heavy atom.